The molecule has 3 heteroatoms. The molecule has 0 saturated heterocycles. The van der Waals surface area contributed by atoms with E-state index in [-0.39, 0.29) is 11.9 Å². The van der Waals surface area contributed by atoms with Crippen molar-refractivity contribution in [1.29, 1.82) is 0 Å². The molecule has 0 fully saturated rings. The Morgan fingerprint density at radius 1 is 1.43 bits per heavy atom. The highest BCUT2D eigenvalue weighted by Gasteiger charge is 2.23. The lowest BCUT2D eigenvalue weighted by Crippen LogP contribution is -2.27. The van der Waals surface area contributed by atoms with Crippen LogP contribution in [0.25, 0.3) is 0 Å². The molecule has 76 valence electrons. The average Bonchev–Trinajstić information content (AvgIpc) is 2.30. The lowest BCUT2D eigenvalue weighted by atomic mass is 9.99. The molecule has 2 atom stereocenters. The van der Waals surface area contributed by atoms with E-state index in [1.807, 2.05) is 0 Å². The fourth-order valence-corrected chi connectivity index (χ4v) is 1.99. The van der Waals surface area contributed by atoms with Crippen LogP contribution in [-0.2, 0) is 6.42 Å². The van der Waals surface area contributed by atoms with Gasteiger partial charge in [-0.25, -0.2) is 4.39 Å². The molecule has 1 aliphatic rings. The lowest BCUT2D eigenvalue weighted by molar-refractivity contribution is 0.144. The van der Waals surface area contributed by atoms with Gasteiger partial charge in [0, 0.05) is 6.04 Å². The second-order valence-corrected chi connectivity index (χ2v) is 3.84. The third kappa shape index (κ3) is 1.65. The number of benzene rings is 1. The molecular formula is C11H14FNO. The van der Waals surface area contributed by atoms with Crippen molar-refractivity contribution < 1.29 is 9.50 Å². The standard InChI is InChI=1S/C11H14FNO/c12-8-5-4-7-2-1-3-10(13)11(14)9(7)6-8/h4-6,10-11,14H,1-3,13H2/t10-,11+/m1/s1. The van der Waals surface area contributed by atoms with Gasteiger partial charge in [-0.2, -0.15) is 0 Å². The first-order valence-corrected chi connectivity index (χ1v) is 4.90. The molecule has 1 aromatic rings. The molecule has 1 aromatic carbocycles. The molecule has 0 amide bonds. The highest BCUT2D eigenvalue weighted by Crippen LogP contribution is 2.28. The maximum absolute atomic E-state index is 13.0. The fourth-order valence-electron chi connectivity index (χ4n) is 1.99. The summed E-state index contributed by atoms with van der Waals surface area (Å²) in [6.45, 7) is 0. The number of fused-ring (bicyclic) bond motifs is 1. The Hall–Kier alpha value is -0.930. The predicted octanol–water partition coefficient (Wildman–Crippen LogP) is 1.52. The van der Waals surface area contributed by atoms with Crippen LogP contribution in [-0.4, -0.2) is 11.1 Å². The van der Waals surface area contributed by atoms with Gasteiger partial charge in [0.25, 0.3) is 0 Å². The molecule has 0 spiro atoms. The van der Waals surface area contributed by atoms with Crippen LogP contribution in [0.1, 0.15) is 30.1 Å². The summed E-state index contributed by atoms with van der Waals surface area (Å²) in [5.41, 5.74) is 7.45. The van der Waals surface area contributed by atoms with Gasteiger partial charge in [0.2, 0.25) is 0 Å². The number of rotatable bonds is 0. The van der Waals surface area contributed by atoms with Gasteiger partial charge >= 0.3 is 0 Å². The molecule has 0 aliphatic heterocycles. The molecule has 0 bridgehead atoms. The van der Waals surface area contributed by atoms with Gasteiger partial charge in [0.15, 0.2) is 0 Å². The van der Waals surface area contributed by atoms with E-state index in [2.05, 4.69) is 0 Å². The smallest absolute Gasteiger partial charge is 0.123 e. The summed E-state index contributed by atoms with van der Waals surface area (Å²) >= 11 is 0. The Morgan fingerprint density at radius 2 is 2.21 bits per heavy atom. The first-order valence-electron chi connectivity index (χ1n) is 4.90. The van der Waals surface area contributed by atoms with Crippen molar-refractivity contribution in [3.8, 4) is 0 Å². The quantitative estimate of drug-likeness (QED) is 0.616. The largest absolute Gasteiger partial charge is 0.387 e. The Kier molecular flexibility index (Phi) is 2.52. The molecule has 0 aromatic heterocycles. The number of halogens is 1. The SMILES string of the molecule is N[C@@H]1CCCc2ccc(F)cc2[C@@H]1O. The molecule has 0 heterocycles. The van der Waals surface area contributed by atoms with Gasteiger partial charge in [-0.05, 0) is 42.5 Å². The highest BCUT2D eigenvalue weighted by molar-refractivity contribution is 5.31. The Morgan fingerprint density at radius 3 is 3.00 bits per heavy atom. The van der Waals surface area contributed by atoms with Gasteiger partial charge in [-0.15, -0.1) is 0 Å². The Labute approximate surface area is 82.5 Å². The Balaban J connectivity index is 2.44. The van der Waals surface area contributed by atoms with E-state index < -0.39 is 6.10 Å². The summed E-state index contributed by atoms with van der Waals surface area (Å²) < 4.78 is 13.0. The third-order valence-electron chi connectivity index (χ3n) is 2.82. The van der Waals surface area contributed by atoms with Crippen molar-refractivity contribution >= 4 is 0 Å². The summed E-state index contributed by atoms with van der Waals surface area (Å²) in [7, 11) is 0. The van der Waals surface area contributed by atoms with E-state index >= 15 is 0 Å². The van der Waals surface area contributed by atoms with Crippen molar-refractivity contribution in [3.05, 3.63) is 35.1 Å². The van der Waals surface area contributed by atoms with Crippen molar-refractivity contribution in [2.45, 2.75) is 31.4 Å². The fraction of sp³-hybridized carbons (Fsp3) is 0.455. The van der Waals surface area contributed by atoms with Crippen molar-refractivity contribution in [1.82, 2.24) is 0 Å². The van der Waals surface area contributed by atoms with Gasteiger partial charge in [0.1, 0.15) is 5.82 Å². The monoisotopic (exact) mass is 195 g/mol. The van der Waals surface area contributed by atoms with Crippen LogP contribution < -0.4 is 5.73 Å². The Bertz CT molecular complexity index is 340. The molecule has 0 radical (unpaired) electrons. The van der Waals surface area contributed by atoms with E-state index in [1.165, 1.54) is 12.1 Å². The maximum atomic E-state index is 13.0. The highest BCUT2D eigenvalue weighted by atomic mass is 19.1. The average molecular weight is 195 g/mol. The van der Waals surface area contributed by atoms with Crippen LogP contribution in [0.4, 0.5) is 4.39 Å². The summed E-state index contributed by atoms with van der Waals surface area (Å²) in [6.07, 6.45) is 1.90. The molecule has 1 aliphatic carbocycles. The zero-order valence-corrected chi connectivity index (χ0v) is 7.91. The van der Waals surface area contributed by atoms with Crippen LogP contribution in [0.5, 0.6) is 0 Å². The third-order valence-corrected chi connectivity index (χ3v) is 2.82. The van der Waals surface area contributed by atoms with Gasteiger partial charge in [0.05, 0.1) is 6.10 Å². The second kappa shape index (κ2) is 3.67. The van der Waals surface area contributed by atoms with Crippen LogP contribution in [0.2, 0.25) is 0 Å². The number of aliphatic hydroxyl groups is 1. The van der Waals surface area contributed by atoms with Crippen molar-refractivity contribution in [2.24, 2.45) is 5.73 Å². The van der Waals surface area contributed by atoms with E-state index in [0.717, 1.165) is 24.8 Å². The van der Waals surface area contributed by atoms with E-state index in [9.17, 15) is 9.50 Å². The molecule has 3 N–H and O–H groups in total. The van der Waals surface area contributed by atoms with Gasteiger partial charge in [-0.3, -0.25) is 0 Å². The maximum Gasteiger partial charge on any atom is 0.123 e. The molecule has 14 heavy (non-hydrogen) atoms. The molecule has 2 nitrogen and oxygen atoms in total. The van der Waals surface area contributed by atoms with Crippen LogP contribution >= 0.6 is 0 Å². The number of hydrogen-bond acceptors (Lipinski definition) is 2. The van der Waals surface area contributed by atoms with E-state index in [1.54, 1.807) is 6.07 Å². The molecule has 0 saturated carbocycles. The second-order valence-electron chi connectivity index (χ2n) is 3.84. The normalized spacial score (nSPS) is 26.8. The lowest BCUT2D eigenvalue weighted by Gasteiger charge is -2.17. The van der Waals surface area contributed by atoms with Crippen molar-refractivity contribution in [2.75, 3.05) is 0 Å². The minimum atomic E-state index is -0.719. The van der Waals surface area contributed by atoms with Crippen molar-refractivity contribution in [3.63, 3.8) is 0 Å². The van der Waals surface area contributed by atoms with Gasteiger partial charge in [-0.1, -0.05) is 6.07 Å². The number of hydrogen-bond donors (Lipinski definition) is 2. The molecular weight excluding hydrogens is 181 g/mol. The summed E-state index contributed by atoms with van der Waals surface area (Å²) in [4.78, 5) is 0. The topological polar surface area (TPSA) is 46.2 Å². The minimum absolute atomic E-state index is 0.266. The van der Waals surface area contributed by atoms with Crippen LogP contribution in [0.15, 0.2) is 18.2 Å². The first kappa shape index (κ1) is 9.62. The molecule has 2 rings (SSSR count). The van der Waals surface area contributed by atoms with E-state index in [0.29, 0.717) is 5.56 Å². The van der Waals surface area contributed by atoms with Crippen LogP contribution in [0.3, 0.4) is 0 Å². The molecule has 0 unspecified atom stereocenters. The van der Waals surface area contributed by atoms with E-state index in [4.69, 9.17) is 5.73 Å². The number of aryl methyl sites for hydroxylation is 1. The van der Waals surface area contributed by atoms with Gasteiger partial charge < -0.3 is 10.8 Å². The zero-order valence-electron chi connectivity index (χ0n) is 7.91. The zero-order chi connectivity index (χ0) is 10.1. The first-order chi connectivity index (χ1) is 6.68. The number of aliphatic hydroxyl groups excluding tert-OH is 1. The summed E-state index contributed by atoms with van der Waals surface area (Å²) in [5, 5.41) is 9.84. The number of nitrogens with two attached hydrogens (primary N) is 1. The minimum Gasteiger partial charge on any atom is -0.387 e. The summed E-state index contributed by atoms with van der Waals surface area (Å²) in [5.74, 6) is -0.308. The summed E-state index contributed by atoms with van der Waals surface area (Å²) in [6, 6.07) is 4.30. The van der Waals surface area contributed by atoms with Crippen LogP contribution in [0, 0.1) is 5.82 Å². The predicted molar refractivity (Wildman–Crippen MR) is 52.3 cm³/mol.